The lowest BCUT2D eigenvalue weighted by atomic mass is 10.2. The molecule has 0 aliphatic rings. The van der Waals surface area contributed by atoms with Crippen LogP contribution in [0.4, 0.5) is 5.69 Å². The minimum atomic E-state index is 0.292. The van der Waals surface area contributed by atoms with E-state index in [1.165, 1.54) is 4.88 Å². The van der Waals surface area contributed by atoms with Crippen molar-refractivity contribution in [1.82, 2.24) is 10.2 Å². The minimum Gasteiger partial charge on any atom is -0.360 e. The largest absolute Gasteiger partial charge is 0.360 e. The number of thiocarbonyl (C=S) groups is 1. The first-order valence-corrected chi connectivity index (χ1v) is 8.65. The molecule has 0 fully saturated rings. The summed E-state index contributed by atoms with van der Waals surface area (Å²) in [6, 6.07) is 10.3. The summed E-state index contributed by atoms with van der Waals surface area (Å²) < 4.78 is 0. The summed E-state index contributed by atoms with van der Waals surface area (Å²) in [5.74, 6) is 0. The van der Waals surface area contributed by atoms with Gasteiger partial charge in [-0.25, -0.2) is 0 Å². The lowest BCUT2D eigenvalue weighted by molar-refractivity contribution is 0.303. The second kappa shape index (κ2) is 7.92. The van der Waals surface area contributed by atoms with Crippen LogP contribution in [0.1, 0.15) is 16.5 Å². The molecule has 0 amide bonds. The van der Waals surface area contributed by atoms with Gasteiger partial charge in [0.05, 0.1) is 6.04 Å². The van der Waals surface area contributed by atoms with Gasteiger partial charge in [-0.15, -0.1) is 11.3 Å². The molecule has 1 unspecified atom stereocenters. The zero-order valence-corrected chi connectivity index (χ0v) is 15.3. The Morgan fingerprint density at radius 3 is 2.73 bits per heavy atom. The lowest BCUT2D eigenvalue weighted by Crippen LogP contribution is -2.36. The zero-order chi connectivity index (χ0) is 16.1. The van der Waals surface area contributed by atoms with E-state index in [4.69, 9.17) is 23.8 Å². The number of likely N-dealkylation sites (N-methyl/N-ethyl adjacent to an activating group) is 1. The Balaban J connectivity index is 1.96. The summed E-state index contributed by atoms with van der Waals surface area (Å²) in [6.45, 7) is 2.72. The molecule has 0 saturated carbocycles. The molecule has 2 N–H and O–H groups in total. The maximum Gasteiger partial charge on any atom is 0.170 e. The SMILES string of the molecule is Cc1c(Cl)cccc1NC(=S)NCC(c1cccs1)N(C)C. The Morgan fingerprint density at radius 2 is 2.09 bits per heavy atom. The summed E-state index contributed by atoms with van der Waals surface area (Å²) in [5.41, 5.74) is 1.93. The van der Waals surface area contributed by atoms with Gasteiger partial charge in [0.2, 0.25) is 0 Å². The third-order valence-electron chi connectivity index (χ3n) is 3.47. The molecule has 1 atom stereocenters. The van der Waals surface area contributed by atoms with Gasteiger partial charge < -0.3 is 15.5 Å². The lowest BCUT2D eigenvalue weighted by Gasteiger charge is -2.24. The maximum absolute atomic E-state index is 6.12. The van der Waals surface area contributed by atoms with Gasteiger partial charge in [-0.05, 0) is 62.4 Å². The van der Waals surface area contributed by atoms with E-state index in [1.54, 1.807) is 11.3 Å². The summed E-state index contributed by atoms with van der Waals surface area (Å²) in [6.07, 6.45) is 0. The third-order valence-corrected chi connectivity index (χ3v) is 5.10. The van der Waals surface area contributed by atoms with Gasteiger partial charge in [-0.3, -0.25) is 0 Å². The highest BCUT2D eigenvalue weighted by Gasteiger charge is 2.15. The first kappa shape index (κ1) is 17.2. The van der Waals surface area contributed by atoms with Crippen LogP contribution in [0.5, 0.6) is 0 Å². The van der Waals surface area contributed by atoms with E-state index >= 15 is 0 Å². The van der Waals surface area contributed by atoms with Gasteiger partial charge in [0.25, 0.3) is 0 Å². The van der Waals surface area contributed by atoms with Crippen LogP contribution in [0, 0.1) is 6.92 Å². The maximum atomic E-state index is 6.12. The van der Waals surface area contributed by atoms with Gasteiger partial charge >= 0.3 is 0 Å². The predicted octanol–water partition coefficient (Wildman–Crippen LogP) is 4.30. The van der Waals surface area contributed by atoms with Crippen LogP contribution in [0.3, 0.4) is 0 Å². The Labute approximate surface area is 146 Å². The second-order valence-electron chi connectivity index (χ2n) is 5.24. The van der Waals surface area contributed by atoms with Crippen molar-refractivity contribution in [3.05, 3.63) is 51.2 Å². The number of thiophene rings is 1. The third kappa shape index (κ3) is 4.43. The molecule has 0 spiro atoms. The van der Waals surface area contributed by atoms with Crippen molar-refractivity contribution in [2.24, 2.45) is 0 Å². The van der Waals surface area contributed by atoms with Crippen molar-refractivity contribution in [3.8, 4) is 0 Å². The van der Waals surface area contributed by atoms with Crippen molar-refractivity contribution in [1.29, 1.82) is 0 Å². The Hall–Kier alpha value is -1.14. The molecule has 2 rings (SSSR count). The summed E-state index contributed by atoms with van der Waals surface area (Å²) in [7, 11) is 4.15. The van der Waals surface area contributed by atoms with E-state index in [2.05, 4.69) is 47.1 Å². The molecule has 0 bridgehead atoms. The Kier molecular flexibility index (Phi) is 6.20. The fourth-order valence-corrected chi connectivity index (χ4v) is 3.41. The molecule has 2 aromatic rings. The normalized spacial score (nSPS) is 12.2. The van der Waals surface area contributed by atoms with Gasteiger partial charge in [0.15, 0.2) is 5.11 Å². The van der Waals surface area contributed by atoms with Gasteiger partial charge in [0.1, 0.15) is 0 Å². The predicted molar refractivity (Wildman–Crippen MR) is 101 cm³/mol. The number of benzene rings is 1. The minimum absolute atomic E-state index is 0.292. The van der Waals surface area contributed by atoms with Crippen molar-refractivity contribution in [2.45, 2.75) is 13.0 Å². The molecular weight excluding hydrogens is 334 g/mol. The number of nitrogens with one attached hydrogen (secondary N) is 2. The van der Waals surface area contributed by atoms with E-state index in [-0.39, 0.29) is 0 Å². The molecule has 0 aliphatic heterocycles. The molecular formula is C16H20ClN3S2. The molecule has 1 aromatic heterocycles. The highest BCUT2D eigenvalue weighted by molar-refractivity contribution is 7.80. The topological polar surface area (TPSA) is 27.3 Å². The second-order valence-corrected chi connectivity index (χ2v) is 7.04. The molecule has 0 radical (unpaired) electrons. The molecule has 6 heteroatoms. The van der Waals surface area contributed by atoms with E-state index in [9.17, 15) is 0 Å². The molecule has 22 heavy (non-hydrogen) atoms. The Morgan fingerprint density at radius 1 is 1.32 bits per heavy atom. The highest BCUT2D eigenvalue weighted by Crippen LogP contribution is 2.24. The number of halogens is 1. The average molecular weight is 354 g/mol. The smallest absolute Gasteiger partial charge is 0.170 e. The molecule has 0 saturated heterocycles. The average Bonchev–Trinajstić information content (AvgIpc) is 2.98. The highest BCUT2D eigenvalue weighted by atomic mass is 35.5. The van der Waals surface area contributed by atoms with Crippen LogP contribution in [-0.4, -0.2) is 30.7 Å². The van der Waals surface area contributed by atoms with Crippen LogP contribution < -0.4 is 10.6 Å². The number of hydrogen-bond donors (Lipinski definition) is 2. The van der Waals surface area contributed by atoms with E-state index in [1.807, 2.05) is 25.1 Å². The van der Waals surface area contributed by atoms with Crippen LogP contribution in [0.15, 0.2) is 35.7 Å². The van der Waals surface area contributed by atoms with Crippen molar-refractivity contribution in [3.63, 3.8) is 0 Å². The number of hydrogen-bond acceptors (Lipinski definition) is 3. The first-order valence-electron chi connectivity index (χ1n) is 6.99. The molecule has 0 aliphatic carbocycles. The van der Waals surface area contributed by atoms with E-state index in [0.29, 0.717) is 11.2 Å². The summed E-state index contributed by atoms with van der Waals surface area (Å²) >= 11 is 13.3. The fourth-order valence-electron chi connectivity index (χ4n) is 2.12. The molecule has 1 aromatic carbocycles. The summed E-state index contributed by atoms with van der Waals surface area (Å²) in [5, 5.41) is 9.94. The molecule has 118 valence electrons. The van der Waals surface area contributed by atoms with Crippen molar-refractivity contribution < 1.29 is 0 Å². The van der Waals surface area contributed by atoms with Crippen molar-refractivity contribution >= 4 is 46.0 Å². The first-order chi connectivity index (χ1) is 10.5. The standard InChI is InChI=1S/C16H20ClN3S2/c1-11-12(17)6-4-7-13(11)19-16(21)18-10-14(20(2)3)15-8-5-9-22-15/h4-9,14H,10H2,1-3H3,(H2,18,19,21). The van der Waals surface area contributed by atoms with Crippen molar-refractivity contribution in [2.75, 3.05) is 26.0 Å². The van der Waals surface area contributed by atoms with Gasteiger partial charge in [-0.2, -0.15) is 0 Å². The van der Waals surface area contributed by atoms with Crippen LogP contribution in [0.2, 0.25) is 5.02 Å². The molecule has 1 heterocycles. The fraction of sp³-hybridized carbons (Fsp3) is 0.312. The van der Waals surface area contributed by atoms with Crippen LogP contribution in [0.25, 0.3) is 0 Å². The number of nitrogens with zero attached hydrogens (tertiary/aromatic N) is 1. The van der Waals surface area contributed by atoms with Crippen LogP contribution in [-0.2, 0) is 0 Å². The number of anilines is 1. The Bertz CT molecular complexity index is 626. The van der Waals surface area contributed by atoms with Crippen LogP contribution >= 0.6 is 35.2 Å². The molecule has 3 nitrogen and oxygen atoms in total. The quantitative estimate of drug-likeness (QED) is 0.784. The van der Waals surface area contributed by atoms with Gasteiger partial charge in [-0.1, -0.05) is 23.7 Å². The zero-order valence-electron chi connectivity index (χ0n) is 12.9. The number of rotatable bonds is 5. The monoisotopic (exact) mass is 353 g/mol. The summed E-state index contributed by atoms with van der Waals surface area (Å²) in [4.78, 5) is 3.51. The van der Waals surface area contributed by atoms with Gasteiger partial charge in [0, 0.05) is 22.1 Å². The van der Waals surface area contributed by atoms with E-state index in [0.717, 1.165) is 22.8 Å². The van der Waals surface area contributed by atoms with E-state index < -0.39 is 0 Å².